The molecule has 0 aromatic heterocycles. The lowest BCUT2D eigenvalue weighted by atomic mass is 10.0. The zero-order valence-corrected chi connectivity index (χ0v) is 16.5. The van der Waals surface area contributed by atoms with Gasteiger partial charge >= 0.3 is 0 Å². The highest BCUT2D eigenvalue weighted by molar-refractivity contribution is 14.0. The van der Waals surface area contributed by atoms with Crippen LogP contribution >= 0.6 is 35.7 Å². The normalized spacial score (nSPS) is 15.2. The average molecular weight is 419 g/mol. The third kappa shape index (κ3) is 5.06. The Morgan fingerprint density at radius 2 is 2.00 bits per heavy atom. The van der Waals surface area contributed by atoms with Crippen molar-refractivity contribution in [3.05, 3.63) is 35.4 Å². The maximum atomic E-state index is 4.44. The molecule has 118 valence electrons. The van der Waals surface area contributed by atoms with E-state index in [1.54, 1.807) is 0 Å². The number of aliphatic imine (C=N–C) groups is 1. The summed E-state index contributed by atoms with van der Waals surface area (Å²) < 4.78 is 0.226. The van der Waals surface area contributed by atoms with Crippen LogP contribution in [0.5, 0.6) is 0 Å². The van der Waals surface area contributed by atoms with Crippen molar-refractivity contribution in [1.82, 2.24) is 10.2 Å². The fourth-order valence-corrected chi connectivity index (χ4v) is 2.59. The van der Waals surface area contributed by atoms with Crippen molar-refractivity contribution < 1.29 is 0 Å². The highest BCUT2D eigenvalue weighted by atomic mass is 127. The summed E-state index contributed by atoms with van der Waals surface area (Å²) in [4.78, 5) is 6.79. The Kier molecular flexibility index (Phi) is 7.33. The lowest BCUT2D eigenvalue weighted by Gasteiger charge is -2.33. The van der Waals surface area contributed by atoms with E-state index >= 15 is 0 Å². The quantitative estimate of drug-likeness (QED) is 0.463. The monoisotopic (exact) mass is 419 g/mol. The van der Waals surface area contributed by atoms with E-state index in [0.29, 0.717) is 0 Å². The van der Waals surface area contributed by atoms with Crippen molar-refractivity contribution in [3.8, 4) is 0 Å². The van der Waals surface area contributed by atoms with Gasteiger partial charge in [0.15, 0.2) is 5.96 Å². The molecule has 1 N–H and O–H groups in total. The zero-order valence-electron chi connectivity index (χ0n) is 13.3. The molecule has 1 aliphatic rings. The first kappa shape index (κ1) is 18.6. The lowest BCUT2D eigenvalue weighted by molar-refractivity contribution is 0.377. The van der Waals surface area contributed by atoms with E-state index in [-0.39, 0.29) is 28.7 Å². The maximum Gasteiger partial charge on any atom is 0.194 e. The van der Waals surface area contributed by atoms with Crippen molar-refractivity contribution in [2.75, 3.05) is 26.4 Å². The van der Waals surface area contributed by atoms with Gasteiger partial charge in [-0.1, -0.05) is 24.3 Å². The highest BCUT2D eigenvalue weighted by Gasteiger charge is 2.21. The molecule has 0 saturated carbocycles. The number of benzene rings is 1. The minimum atomic E-state index is 0. The smallest absolute Gasteiger partial charge is 0.194 e. The van der Waals surface area contributed by atoms with Crippen LogP contribution in [0.4, 0.5) is 0 Å². The van der Waals surface area contributed by atoms with E-state index in [4.69, 9.17) is 0 Å². The molecule has 21 heavy (non-hydrogen) atoms. The van der Waals surface area contributed by atoms with Crippen LogP contribution in [0.3, 0.4) is 0 Å². The molecule has 1 aromatic rings. The Labute approximate surface area is 150 Å². The summed E-state index contributed by atoms with van der Waals surface area (Å²) in [5, 5.41) is 3.52. The number of hydrogen-bond donors (Lipinski definition) is 1. The van der Waals surface area contributed by atoms with Crippen LogP contribution in [0, 0.1) is 0 Å². The molecule has 0 amide bonds. The van der Waals surface area contributed by atoms with Crippen LogP contribution in [0.25, 0.3) is 0 Å². The van der Waals surface area contributed by atoms with Gasteiger partial charge in [-0.3, -0.25) is 4.99 Å². The number of thioether (sulfide) groups is 1. The van der Waals surface area contributed by atoms with Crippen molar-refractivity contribution in [1.29, 1.82) is 0 Å². The second kappa shape index (κ2) is 8.27. The number of nitrogens with zero attached hydrogens (tertiary/aromatic N) is 2. The highest BCUT2D eigenvalue weighted by Crippen LogP contribution is 2.21. The van der Waals surface area contributed by atoms with E-state index in [1.807, 2.05) is 18.8 Å². The average Bonchev–Trinajstić information content (AvgIpc) is 2.47. The second-order valence-electron chi connectivity index (χ2n) is 5.80. The van der Waals surface area contributed by atoms with Crippen molar-refractivity contribution in [2.24, 2.45) is 4.99 Å². The molecule has 5 heteroatoms. The Morgan fingerprint density at radius 1 is 1.33 bits per heavy atom. The molecule has 0 saturated heterocycles. The number of fused-ring (bicyclic) bond motifs is 1. The molecule has 3 nitrogen and oxygen atoms in total. The maximum absolute atomic E-state index is 4.44. The Balaban J connectivity index is 0.00000220. The van der Waals surface area contributed by atoms with Crippen LogP contribution in [-0.4, -0.2) is 42.0 Å². The SMILES string of the molecule is CN=C(NCC(C)(C)SC)N1CCc2ccccc2C1.I. The molecule has 0 radical (unpaired) electrons. The molecule has 1 heterocycles. The van der Waals surface area contributed by atoms with Crippen LogP contribution in [0.2, 0.25) is 0 Å². The fourth-order valence-electron chi connectivity index (χ4n) is 2.37. The third-order valence-electron chi connectivity index (χ3n) is 3.87. The number of hydrogen-bond acceptors (Lipinski definition) is 2. The molecule has 0 unspecified atom stereocenters. The first-order valence-electron chi connectivity index (χ1n) is 7.13. The molecule has 0 atom stereocenters. The minimum Gasteiger partial charge on any atom is -0.355 e. The van der Waals surface area contributed by atoms with E-state index in [0.717, 1.165) is 32.0 Å². The van der Waals surface area contributed by atoms with Gasteiger partial charge in [0.2, 0.25) is 0 Å². The number of rotatable bonds is 3. The van der Waals surface area contributed by atoms with Gasteiger partial charge in [0.05, 0.1) is 0 Å². The predicted molar refractivity (Wildman–Crippen MR) is 105 cm³/mol. The van der Waals surface area contributed by atoms with Crippen LogP contribution in [0.15, 0.2) is 29.3 Å². The van der Waals surface area contributed by atoms with Crippen molar-refractivity contribution in [3.63, 3.8) is 0 Å². The molecule has 2 rings (SSSR count). The summed E-state index contributed by atoms with van der Waals surface area (Å²) in [5.74, 6) is 1.02. The number of halogens is 1. The van der Waals surface area contributed by atoms with Crippen LogP contribution < -0.4 is 5.32 Å². The number of nitrogens with one attached hydrogen (secondary N) is 1. The summed E-state index contributed by atoms with van der Waals surface area (Å²) >= 11 is 1.88. The van der Waals surface area contributed by atoms with Gasteiger partial charge in [-0.05, 0) is 37.7 Å². The van der Waals surface area contributed by atoms with Gasteiger partial charge in [0, 0.05) is 31.4 Å². The summed E-state index contributed by atoms with van der Waals surface area (Å²) in [7, 11) is 1.87. The molecule has 0 bridgehead atoms. The minimum absolute atomic E-state index is 0. The molecular formula is C16H26IN3S. The molecule has 1 aromatic carbocycles. The van der Waals surface area contributed by atoms with Crippen molar-refractivity contribution in [2.45, 2.75) is 31.6 Å². The molecule has 0 fully saturated rings. The van der Waals surface area contributed by atoms with E-state index in [2.05, 4.69) is 59.6 Å². The Bertz CT molecular complexity index is 488. The first-order chi connectivity index (χ1) is 9.55. The summed E-state index contributed by atoms with van der Waals surface area (Å²) in [6.07, 6.45) is 3.25. The summed E-state index contributed by atoms with van der Waals surface area (Å²) in [6.45, 7) is 7.43. The number of guanidine groups is 1. The van der Waals surface area contributed by atoms with Gasteiger partial charge in [0.1, 0.15) is 0 Å². The standard InChI is InChI=1S/C16H25N3S.HI/c1-16(2,20-4)12-18-15(17-3)19-10-9-13-7-5-6-8-14(13)11-19;/h5-8H,9-12H2,1-4H3,(H,17,18);1H. The molecular weight excluding hydrogens is 393 g/mol. The summed E-state index contributed by atoms with van der Waals surface area (Å²) in [5.41, 5.74) is 2.90. The van der Waals surface area contributed by atoms with E-state index in [1.165, 1.54) is 11.1 Å². The summed E-state index contributed by atoms with van der Waals surface area (Å²) in [6, 6.07) is 8.71. The lowest BCUT2D eigenvalue weighted by Crippen LogP contribution is -2.47. The van der Waals surface area contributed by atoms with Gasteiger partial charge < -0.3 is 10.2 Å². The second-order valence-corrected chi connectivity index (χ2v) is 7.32. The van der Waals surface area contributed by atoms with Gasteiger partial charge in [-0.15, -0.1) is 24.0 Å². The fraction of sp³-hybridized carbons (Fsp3) is 0.562. The topological polar surface area (TPSA) is 27.6 Å². The largest absolute Gasteiger partial charge is 0.355 e. The van der Waals surface area contributed by atoms with Crippen molar-refractivity contribution >= 4 is 41.7 Å². The zero-order chi connectivity index (χ0) is 14.6. The van der Waals surface area contributed by atoms with Gasteiger partial charge in [0.25, 0.3) is 0 Å². The molecule has 0 spiro atoms. The third-order valence-corrected chi connectivity index (χ3v) is 5.12. The van der Waals surface area contributed by atoms with Gasteiger partial charge in [-0.2, -0.15) is 11.8 Å². The molecule has 1 aliphatic heterocycles. The Hall–Kier alpha value is -0.430. The predicted octanol–water partition coefficient (Wildman–Crippen LogP) is 3.38. The Morgan fingerprint density at radius 3 is 2.62 bits per heavy atom. The van der Waals surface area contributed by atoms with E-state index < -0.39 is 0 Å². The molecule has 0 aliphatic carbocycles. The first-order valence-corrected chi connectivity index (χ1v) is 8.36. The van der Waals surface area contributed by atoms with E-state index in [9.17, 15) is 0 Å². The van der Waals surface area contributed by atoms with Crippen LogP contribution in [0.1, 0.15) is 25.0 Å². The van der Waals surface area contributed by atoms with Gasteiger partial charge in [-0.25, -0.2) is 0 Å². The van der Waals surface area contributed by atoms with Crippen LogP contribution in [-0.2, 0) is 13.0 Å².